The maximum Gasteiger partial charge on any atom is 0.264 e. The van der Waals surface area contributed by atoms with E-state index in [1.807, 2.05) is 85.8 Å². The lowest BCUT2D eigenvalue weighted by molar-refractivity contribution is -0.150. The zero-order valence-corrected chi connectivity index (χ0v) is 27.7. The fourth-order valence-corrected chi connectivity index (χ4v) is 10.3. The molecule has 0 aromatic heterocycles. The van der Waals surface area contributed by atoms with Gasteiger partial charge in [-0.3, -0.25) is 14.4 Å². The van der Waals surface area contributed by atoms with Crippen LogP contribution in [0.4, 0.5) is 15.5 Å². The van der Waals surface area contributed by atoms with Crippen molar-refractivity contribution in [1.82, 2.24) is 4.90 Å². The summed E-state index contributed by atoms with van der Waals surface area (Å²) in [5, 5.41) is 9.75. The number of rotatable bonds is 10. The Hall–Kier alpha value is -3.86. The quantitative estimate of drug-likeness (QED) is 0.231. The standard InChI is InChI=1S/C36H42FN3O5Si/c1-25-34(46(2,3)37)31(22-33(43)38(20-21-41)23-26-10-5-4-6-11-26)45-36(25)29-12-7-8-13-30(29)40(35(36)44)24-27-15-17-28(18-16-27)39-19-9-14-32(39)42/h4-8,10-13,15-18,25,31,34,41H,9,14,19-24H2,1-3H3/t25-,31+,34-,36+/m1/s1. The van der Waals surface area contributed by atoms with Crippen LogP contribution in [-0.4, -0.2) is 61.9 Å². The zero-order valence-electron chi connectivity index (χ0n) is 26.7. The molecule has 3 aliphatic rings. The number of aliphatic hydroxyl groups excluding tert-OH is 1. The summed E-state index contributed by atoms with van der Waals surface area (Å²) in [4.78, 5) is 45.7. The van der Waals surface area contributed by atoms with Gasteiger partial charge < -0.3 is 28.7 Å². The second-order valence-electron chi connectivity index (χ2n) is 13.2. The molecule has 0 aliphatic carbocycles. The Morgan fingerprint density at radius 3 is 2.37 bits per heavy atom. The van der Waals surface area contributed by atoms with Crippen LogP contribution in [0, 0.1) is 5.92 Å². The molecule has 8 nitrogen and oxygen atoms in total. The molecule has 1 N–H and O–H groups in total. The maximum absolute atomic E-state index is 16.3. The second-order valence-corrected chi connectivity index (χ2v) is 17.0. The summed E-state index contributed by atoms with van der Waals surface area (Å²) in [6.07, 6.45) is 0.509. The summed E-state index contributed by atoms with van der Waals surface area (Å²) in [6, 6.07) is 24.8. The maximum atomic E-state index is 16.3. The fraction of sp³-hybridized carbons (Fsp3) is 0.417. The molecule has 46 heavy (non-hydrogen) atoms. The number of hydrogen-bond donors (Lipinski definition) is 1. The highest BCUT2D eigenvalue weighted by molar-refractivity contribution is 6.72. The molecular weight excluding hydrogens is 601 g/mol. The van der Waals surface area contributed by atoms with Gasteiger partial charge in [-0.15, -0.1) is 0 Å². The predicted octanol–water partition coefficient (Wildman–Crippen LogP) is 5.55. The highest BCUT2D eigenvalue weighted by atomic mass is 28.4. The minimum absolute atomic E-state index is 0.0872. The number of aliphatic hydroxyl groups is 1. The smallest absolute Gasteiger partial charge is 0.264 e. The third-order valence-corrected chi connectivity index (χ3v) is 12.3. The van der Waals surface area contributed by atoms with Gasteiger partial charge in [0, 0.05) is 48.8 Å². The van der Waals surface area contributed by atoms with Gasteiger partial charge in [0.25, 0.3) is 5.91 Å². The Morgan fingerprint density at radius 2 is 1.72 bits per heavy atom. The summed E-state index contributed by atoms with van der Waals surface area (Å²) in [5.74, 6) is -0.899. The van der Waals surface area contributed by atoms with Gasteiger partial charge in [-0.1, -0.05) is 67.6 Å². The number of nitrogens with zero attached hydrogens (tertiary/aromatic N) is 3. The fourth-order valence-electron chi connectivity index (χ4n) is 7.76. The number of carbonyl (C=O) groups excluding carboxylic acids is 3. The molecule has 3 aromatic carbocycles. The Balaban J connectivity index is 1.28. The highest BCUT2D eigenvalue weighted by Gasteiger charge is 2.67. The highest BCUT2D eigenvalue weighted by Crippen LogP contribution is 2.60. The number of halogens is 1. The van der Waals surface area contributed by atoms with Crippen LogP contribution in [0.2, 0.25) is 18.6 Å². The van der Waals surface area contributed by atoms with Crippen molar-refractivity contribution >= 4 is 37.5 Å². The zero-order chi connectivity index (χ0) is 32.6. The first-order valence-electron chi connectivity index (χ1n) is 16.1. The van der Waals surface area contributed by atoms with E-state index in [1.54, 1.807) is 27.8 Å². The lowest BCUT2D eigenvalue weighted by atomic mass is 9.82. The van der Waals surface area contributed by atoms with Crippen LogP contribution in [0.25, 0.3) is 0 Å². The Morgan fingerprint density at radius 1 is 1.02 bits per heavy atom. The summed E-state index contributed by atoms with van der Waals surface area (Å²) in [5.41, 5.74) is 2.04. The molecule has 0 bridgehead atoms. The van der Waals surface area contributed by atoms with E-state index in [-0.39, 0.29) is 43.8 Å². The molecular formula is C36H42FN3O5Si. The van der Waals surface area contributed by atoms with E-state index in [0.717, 1.165) is 23.2 Å². The lowest BCUT2D eigenvalue weighted by Crippen LogP contribution is -2.45. The van der Waals surface area contributed by atoms with Crippen molar-refractivity contribution < 1.29 is 28.3 Å². The number of benzene rings is 3. The number of hydrogen-bond acceptors (Lipinski definition) is 5. The van der Waals surface area contributed by atoms with E-state index < -0.39 is 31.6 Å². The van der Waals surface area contributed by atoms with Gasteiger partial charge in [0.15, 0.2) is 5.60 Å². The van der Waals surface area contributed by atoms with Crippen LogP contribution in [0.15, 0.2) is 78.9 Å². The van der Waals surface area contributed by atoms with E-state index >= 15 is 4.11 Å². The van der Waals surface area contributed by atoms with Crippen molar-refractivity contribution in [2.45, 2.75) is 69.6 Å². The van der Waals surface area contributed by atoms with Gasteiger partial charge in [-0.05, 0) is 48.8 Å². The third-order valence-electron chi connectivity index (χ3n) is 9.85. The molecule has 10 heteroatoms. The van der Waals surface area contributed by atoms with Gasteiger partial charge >= 0.3 is 0 Å². The molecule has 3 aliphatic heterocycles. The second kappa shape index (κ2) is 12.7. The molecule has 1 spiro atoms. The molecule has 3 heterocycles. The molecule has 3 aromatic rings. The molecule has 2 fully saturated rings. The van der Waals surface area contributed by atoms with Crippen LogP contribution in [0.1, 0.15) is 42.9 Å². The van der Waals surface area contributed by atoms with E-state index in [1.165, 1.54) is 0 Å². The van der Waals surface area contributed by atoms with Crippen LogP contribution in [0.3, 0.4) is 0 Å². The third kappa shape index (κ3) is 5.78. The molecule has 0 unspecified atom stereocenters. The largest absolute Gasteiger partial charge is 0.395 e. The molecule has 6 rings (SSSR count). The SMILES string of the molecule is C[C@@H]1[C@@H]([Si](C)(C)F)[C@H](CC(=O)N(CCO)Cc2ccccc2)O[C@@]12C(=O)N(Cc1ccc(N3CCCC3=O)cc1)c1ccccc12. The first kappa shape index (κ1) is 32.1. The first-order valence-corrected chi connectivity index (χ1v) is 19.1. The number of anilines is 2. The van der Waals surface area contributed by atoms with Crippen LogP contribution >= 0.6 is 0 Å². The average Bonchev–Trinajstić information content (AvgIpc) is 3.67. The number of fused-ring (bicyclic) bond motifs is 2. The van der Waals surface area contributed by atoms with E-state index in [2.05, 4.69) is 0 Å². The minimum atomic E-state index is -3.46. The number of carbonyl (C=O) groups is 3. The monoisotopic (exact) mass is 643 g/mol. The van der Waals surface area contributed by atoms with Gasteiger partial charge in [0.2, 0.25) is 20.2 Å². The van der Waals surface area contributed by atoms with Crippen LogP contribution in [0.5, 0.6) is 0 Å². The molecule has 4 atom stereocenters. The van der Waals surface area contributed by atoms with E-state index in [4.69, 9.17) is 4.74 Å². The van der Waals surface area contributed by atoms with Crippen molar-refractivity contribution in [3.63, 3.8) is 0 Å². The van der Waals surface area contributed by atoms with Crippen molar-refractivity contribution in [1.29, 1.82) is 0 Å². The normalized spacial score (nSPS) is 24.2. The number of amides is 3. The van der Waals surface area contributed by atoms with Crippen LogP contribution < -0.4 is 9.80 Å². The van der Waals surface area contributed by atoms with Gasteiger partial charge in [0.05, 0.1) is 31.4 Å². The molecule has 242 valence electrons. The number of para-hydroxylation sites is 1. The van der Waals surface area contributed by atoms with Gasteiger partial charge in [0.1, 0.15) is 0 Å². The van der Waals surface area contributed by atoms with E-state index in [0.29, 0.717) is 30.8 Å². The van der Waals surface area contributed by atoms with E-state index in [9.17, 15) is 19.5 Å². The van der Waals surface area contributed by atoms with Crippen molar-refractivity contribution in [2.75, 3.05) is 29.5 Å². The Kier molecular flexibility index (Phi) is 8.88. The van der Waals surface area contributed by atoms with Gasteiger partial charge in [-0.2, -0.15) is 0 Å². The summed E-state index contributed by atoms with van der Waals surface area (Å²) in [7, 11) is -3.46. The predicted molar refractivity (Wildman–Crippen MR) is 177 cm³/mol. The first-order chi connectivity index (χ1) is 22.0. The minimum Gasteiger partial charge on any atom is -0.395 e. The Bertz CT molecular complexity index is 1600. The number of ether oxygens (including phenoxy) is 1. The average molecular weight is 644 g/mol. The molecule has 0 saturated carbocycles. The summed E-state index contributed by atoms with van der Waals surface area (Å²) < 4.78 is 23.0. The van der Waals surface area contributed by atoms with Crippen molar-refractivity contribution in [2.24, 2.45) is 5.92 Å². The summed E-state index contributed by atoms with van der Waals surface area (Å²) >= 11 is 0. The summed E-state index contributed by atoms with van der Waals surface area (Å²) in [6.45, 7) is 6.38. The lowest BCUT2D eigenvalue weighted by Gasteiger charge is -2.31. The topological polar surface area (TPSA) is 90.4 Å². The Labute approximate surface area is 270 Å². The molecule has 0 radical (unpaired) electrons. The van der Waals surface area contributed by atoms with Crippen molar-refractivity contribution in [3.05, 3.63) is 95.6 Å². The van der Waals surface area contributed by atoms with Crippen molar-refractivity contribution in [3.8, 4) is 0 Å². The molecule has 2 saturated heterocycles. The van der Waals surface area contributed by atoms with Gasteiger partial charge in [-0.25, -0.2) is 0 Å². The molecule has 3 amide bonds. The van der Waals surface area contributed by atoms with Crippen LogP contribution in [-0.2, 0) is 37.8 Å².